The van der Waals surface area contributed by atoms with Crippen LogP contribution in [0.2, 0.25) is 0 Å². The molecule has 0 bridgehead atoms. The molecule has 1 spiro atoms. The van der Waals surface area contributed by atoms with Gasteiger partial charge in [-0.3, -0.25) is 9.59 Å². The molecule has 2 aromatic heterocycles. The van der Waals surface area contributed by atoms with Crippen LogP contribution in [-0.2, 0) is 4.79 Å². The second kappa shape index (κ2) is 7.38. The minimum Gasteiger partial charge on any atom is -0.355 e. The first kappa shape index (κ1) is 19.0. The van der Waals surface area contributed by atoms with Gasteiger partial charge in [-0.05, 0) is 12.8 Å². The maximum Gasteiger partial charge on any atom is 0.254 e. The minimum atomic E-state index is -0.300. The first-order valence-corrected chi connectivity index (χ1v) is 11.0. The summed E-state index contributed by atoms with van der Waals surface area (Å²) in [7, 11) is 1.55. The van der Waals surface area contributed by atoms with Crippen LogP contribution in [0.5, 0.6) is 0 Å². The van der Waals surface area contributed by atoms with E-state index in [4.69, 9.17) is 0 Å². The molecule has 10 nitrogen and oxygen atoms in total. The molecule has 156 valence electrons. The third-order valence-electron chi connectivity index (χ3n) is 5.53. The average molecular weight is 427 g/mol. The maximum absolute atomic E-state index is 12.3. The lowest BCUT2D eigenvalue weighted by Crippen LogP contribution is -2.63. The number of rotatable bonds is 6. The maximum atomic E-state index is 12.3. The molecule has 2 aromatic rings. The number of carbonyl (C=O) groups is 2. The van der Waals surface area contributed by atoms with E-state index in [0.717, 1.165) is 25.9 Å². The fourth-order valence-electron chi connectivity index (χ4n) is 3.62. The first-order valence-electron chi connectivity index (χ1n) is 9.87. The fraction of sp³-hybridized carbons (Fsp3) is 0.474. The fourth-order valence-corrected chi connectivity index (χ4v) is 4.76. The van der Waals surface area contributed by atoms with Crippen molar-refractivity contribution < 1.29 is 9.59 Å². The quantitative estimate of drug-likeness (QED) is 0.626. The van der Waals surface area contributed by atoms with Gasteiger partial charge >= 0.3 is 0 Å². The Hall–Kier alpha value is -2.95. The summed E-state index contributed by atoms with van der Waals surface area (Å²) in [5.41, 5.74) is 1.22. The molecule has 3 aliphatic rings. The minimum absolute atomic E-state index is 0.0514. The third-order valence-corrected chi connectivity index (χ3v) is 7.17. The van der Waals surface area contributed by atoms with E-state index in [9.17, 15) is 9.59 Å². The van der Waals surface area contributed by atoms with Crippen molar-refractivity contribution in [1.29, 1.82) is 0 Å². The Balaban J connectivity index is 1.36. The predicted molar refractivity (Wildman–Crippen MR) is 114 cm³/mol. The van der Waals surface area contributed by atoms with Crippen molar-refractivity contribution in [3.05, 3.63) is 24.2 Å². The zero-order valence-electron chi connectivity index (χ0n) is 16.5. The predicted octanol–water partition coefficient (Wildman–Crippen LogP) is 1.27. The molecule has 0 radical (unpaired) electrons. The molecular formula is C19H22N8O2S. The van der Waals surface area contributed by atoms with Crippen molar-refractivity contribution in [2.24, 2.45) is 11.3 Å². The molecule has 1 aliphatic carbocycles. The number of anilines is 4. The molecule has 1 saturated carbocycles. The summed E-state index contributed by atoms with van der Waals surface area (Å²) < 4.78 is 0. The van der Waals surface area contributed by atoms with Gasteiger partial charge in [0.05, 0.1) is 11.3 Å². The summed E-state index contributed by atoms with van der Waals surface area (Å²) in [6.45, 7) is 1.92. The van der Waals surface area contributed by atoms with E-state index >= 15 is 0 Å². The number of carbonyl (C=O) groups excluding carboxylic acids is 2. The van der Waals surface area contributed by atoms with Crippen molar-refractivity contribution in [3.63, 3.8) is 0 Å². The summed E-state index contributed by atoms with van der Waals surface area (Å²) >= 11 is 1.97. The summed E-state index contributed by atoms with van der Waals surface area (Å²) in [6, 6.07) is 1.62. The molecule has 0 atom stereocenters. The molecule has 2 saturated heterocycles. The molecule has 0 unspecified atom stereocenters. The standard InChI is InChI=1S/C19H22N8O2S/c1-20-16(29)12-5-21-14(25-15(28)11-2-3-11)4-13(12)24-17-22-10-23-18(26-17)27-6-19(7-27)8-30-9-19/h4-5,10-11H,2-3,6-9H2,1H3,(H,20,29)(H2,21,22,23,24,25,26,28). The van der Waals surface area contributed by atoms with Gasteiger partial charge in [0.25, 0.3) is 5.91 Å². The highest BCUT2D eigenvalue weighted by molar-refractivity contribution is 8.00. The van der Waals surface area contributed by atoms with E-state index in [1.165, 1.54) is 24.0 Å². The van der Waals surface area contributed by atoms with Crippen LogP contribution in [0.15, 0.2) is 18.6 Å². The smallest absolute Gasteiger partial charge is 0.254 e. The number of pyridine rings is 1. The highest BCUT2D eigenvalue weighted by atomic mass is 32.2. The van der Waals surface area contributed by atoms with E-state index in [1.807, 2.05) is 11.8 Å². The van der Waals surface area contributed by atoms with Gasteiger partial charge in [0.15, 0.2) is 0 Å². The van der Waals surface area contributed by atoms with Crippen LogP contribution in [-0.4, -0.2) is 63.4 Å². The molecule has 4 heterocycles. The van der Waals surface area contributed by atoms with Crippen molar-refractivity contribution >= 4 is 47.0 Å². The summed E-state index contributed by atoms with van der Waals surface area (Å²) in [5.74, 6) is 3.43. The van der Waals surface area contributed by atoms with Gasteiger partial charge in [-0.2, -0.15) is 16.7 Å². The second-order valence-electron chi connectivity index (χ2n) is 8.04. The summed E-state index contributed by atoms with van der Waals surface area (Å²) in [5, 5.41) is 8.49. The summed E-state index contributed by atoms with van der Waals surface area (Å²) in [6.07, 6.45) is 4.69. The number of hydrogen-bond acceptors (Lipinski definition) is 9. The highest BCUT2D eigenvalue weighted by Gasteiger charge is 2.49. The van der Waals surface area contributed by atoms with Gasteiger partial charge in [0.1, 0.15) is 12.1 Å². The lowest BCUT2D eigenvalue weighted by atomic mass is 9.83. The normalized spacial score (nSPS) is 18.9. The van der Waals surface area contributed by atoms with Gasteiger partial charge in [-0.25, -0.2) is 15.0 Å². The van der Waals surface area contributed by atoms with E-state index in [0.29, 0.717) is 34.4 Å². The molecule has 2 amide bonds. The third kappa shape index (κ3) is 3.64. The summed E-state index contributed by atoms with van der Waals surface area (Å²) in [4.78, 5) is 43.7. The zero-order chi connectivity index (χ0) is 20.7. The molecule has 3 fully saturated rings. The van der Waals surface area contributed by atoms with Crippen LogP contribution in [0, 0.1) is 11.3 Å². The Morgan fingerprint density at radius 2 is 2.00 bits per heavy atom. The Labute approximate surface area is 177 Å². The van der Waals surface area contributed by atoms with E-state index < -0.39 is 0 Å². The van der Waals surface area contributed by atoms with Crippen LogP contribution >= 0.6 is 11.8 Å². The Morgan fingerprint density at radius 1 is 1.20 bits per heavy atom. The molecule has 30 heavy (non-hydrogen) atoms. The van der Waals surface area contributed by atoms with Gasteiger partial charge in [-0.1, -0.05) is 0 Å². The molecule has 0 aromatic carbocycles. The number of thioether (sulfide) groups is 1. The van der Waals surface area contributed by atoms with Gasteiger partial charge < -0.3 is 20.9 Å². The van der Waals surface area contributed by atoms with E-state index in [1.54, 1.807) is 13.1 Å². The van der Waals surface area contributed by atoms with Crippen molar-refractivity contribution in [2.45, 2.75) is 12.8 Å². The Kier molecular flexibility index (Phi) is 4.69. The lowest BCUT2D eigenvalue weighted by Gasteiger charge is -2.55. The topological polar surface area (TPSA) is 125 Å². The molecule has 2 aliphatic heterocycles. The number of nitrogens with zero attached hydrogens (tertiary/aromatic N) is 5. The van der Waals surface area contributed by atoms with Gasteiger partial charge in [0, 0.05) is 55.2 Å². The van der Waals surface area contributed by atoms with Crippen LogP contribution in [0.3, 0.4) is 0 Å². The average Bonchev–Trinajstić information content (AvgIpc) is 3.51. The molecule has 5 rings (SSSR count). The van der Waals surface area contributed by atoms with Crippen LogP contribution in [0.1, 0.15) is 23.2 Å². The van der Waals surface area contributed by atoms with Crippen LogP contribution in [0.4, 0.5) is 23.4 Å². The van der Waals surface area contributed by atoms with Crippen LogP contribution in [0.25, 0.3) is 0 Å². The Morgan fingerprint density at radius 3 is 2.67 bits per heavy atom. The van der Waals surface area contributed by atoms with Gasteiger partial charge in [-0.15, -0.1) is 0 Å². The SMILES string of the molecule is CNC(=O)c1cnc(NC(=O)C2CC2)cc1Nc1ncnc(N2CC3(CSC3)C2)n1. The highest BCUT2D eigenvalue weighted by Crippen LogP contribution is 2.46. The number of amides is 2. The van der Waals surface area contributed by atoms with Crippen molar-refractivity contribution in [3.8, 4) is 0 Å². The second-order valence-corrected chi connectivity index (χ2v) is 9.03. The molecular weight excluding hydrogens is 404 g/mol. The molecule has 3 N–H and O–H groups in total. The number of hydrogen-bond donors (Lipinski definition) is 3. The van der Waals surface area contributed by atoms with Crippen LogP contribution < -0.4 is 20.9 Å². The number of nitrogens with one attached hydrogen (secondary N) is 3. The zero-order valence-corrected chi connectivity index (χ0v) is 17.3. The van der Waals surface area contributed by atoms with Crippen molar-refractivity contribution in [1.82, 2.24) is 25.3 Å². The largest absolute Gasteiger partial charge is 0.355 e. The monoisotopic (exact) mass is 426 g/mol. The van der Waals surface area contributed by atoms with E-state index in [-0.39, 0.29) is 17.7 Å². The number of aromatic nitrogens is 4. The van der Waals surface area contributed by atoms with Gasteiger partial charge in [0.2, 0.25) is 17.8 Å². The van der Waals surface area contributed by atoms with E-state index in [2.05, 4.69) is 40.8 Å². The Bertz CT molecular complexity index is 1000. The first-order chi connectivity index (χ1) is 14.5. The van der Waals surface area contributed by atoms with Crippen molar-refractivity contribution in [2.75, 3.05) is 47.2 Å². The lowest BCUT2D eigenvalue weighted by molar-refractivity contribution is -0.117. The molecule has 11 heteroatoms.